The number of nitrogens with zero attached hydrogens (tertiary/aromatic N) is 1. The molecule has 6 nitrogen and oxygen atoms in total. The lowest BCUT2D eigenvalue weighted by Crippen LogP contribution is -2.27. The summed E-state index contributed by atoms with van der Waals surface area (Å²) in [4.78, 5) is 39.1. The Morgan fingerprint density at radius 3 is 2.31 bits per heavy atom. The molecule has 1 aliphatic heterocycles. The van der Waals surface area contributed by atoms with Gasteiger partial charge in [0.2, 0.25) is 0 Å². The standard InChI is InChI=1S/C28H26N2O4S/c1-18-4-7-22(8-5-18)16-30-27(32)25(35-28(30)33)15-21-9-11-23(12-10-21)34-17-26(31)29-24-13-6-19(2)14-20(24)3/h4-15H,16-17H2,1-3H3,(H,29,31)/b25-15-. The van der Waals surface area contributed by atoms with Crippen LogP contribution in [0.25, 0.3) is 6.08 Å². The number of carbonyl (C=O) groups excluding carboxylic acids is 3. The molecule has 0 unspecified atom stereocenters. The van der Waals surface area contributed by atoms with Gasteiger partial charge in [-0.15, -0.1) is 0 Å². The van der Waals surface area contributed by atoms with E-state index in [1.807, 2.05) is 63.2 Å². The Bertz CT molecular complexity index is 1300. The number of nitrogens with one attached hydrogen (secondary N) is 1. The maximum absolute atomic E-state index is 12.8. The number of hydrogen-bond donors (Lipinski definition) is 1. The highest BCUT2D eigenvalue weighted by molar-refractivity contribution is 8.18. The number of carbonyl (C=O) groups is 3. The summed E-state index contributed by atoms with van der Waals surface area (Å²) >= 11 is 0.935. The molecule has 0 aromatic heterocycles. The van der Waals surface area contributed by atoms with Gasteiger partial charge in [-0.1, -0.05) is 59.7 Å². The van der Waals surface area contributed by atoms with Crippen molar-refractivity contribution in [1.29, 1.82) is 0 Å². The van der Waals surface area contributed by atoms with Crippen LogP contribution in [0.5, 0.6) is 5.75 Å². The summed E-state index contributed by atoms with van der Waals surface area (Å²) < 4.78 is 5.59. The van der Waals surface area contributed by atoms with E-state index in [4.69, 9.17) is 4.74 Å². The van der Waals surface area contributed by atoms with Crippen LogP contribution in [0.2, 0.25) is 0 Å². The lowest BCUT2D eigenvalue weighted by Gasteiger charge is -2.12. The number of amides is 3. The van der Waals surface area contributed by atoms with Gasteiger partial charge < -0.3 is 10.1 Å². The van der Waals surface area contributed by atoms with E-state index >= 15 is 0 Å². The fourth-order valence-electron chi connectivity index (χ4n) is 3.61. The van der Waals surface area contributed by atoms with Gasteiger partial charge in [0.1, 0.15) is 5.75 Å². The van der Waals surface area contributed by atoms with Crippen LogP contribution in [0.3, 0.4) is 0 Å². The molecule has 0 radical (unpaired) electrons. The molecule has 3 amide bonds. The highest BCUT2D eigenvalue weighted by Crippen LogP contribution is 2.33. The zero-order chi connectivity index (χ0) is 24.9. The summed E-state index contributed by atoms with van der Waals surface area (Å²) in [5, 5.41) is 2.57. The first-order valence-corrected chi connectivity index (χ1v) is 12.0. The van der Waals surface area contributed by atoms with Gasteiger partial charge in [-0.25, -0.2) is 0 Å². The van der Waals surface area contributed by atoms with Crippen LogP contribution in [0.1, 0.15) is 27.8 Å². The van der Waals surface area contributed by atoms with E-state index in [0.29, 0.717) is 10.7 Å². The van der Waals surface area contributed by atoms with Crippen molar-refractivity contribution in [2.24, 2.45) is 0 Å². The molecule has 0 atom stereocenters. The number of anilines is 1. The number of imide groups is 1. The molecular formula is C28H26N2O4S. The third-order valence-corrected chi connectivity index (χ3v) is 6.45. The predicted molar refractivity (Wildman–Crippen MR) is 139 cm³/mol. The minimum atomic E-state index is -0.302. The van der Waals surface area contributed by atoms with Crippen LogP contribution >= 0.6 is 11.8 Å². The molecule has 1 fully saturated rings. The molecule has 7 heteroatoms. The highest BCUT2D eigenvalue weighted by Gasteiger charge is 2.34. The first-order chi connectivity index (χ1) is 16.8. The summed E-state index contributed by atoms with van der Waals surface area (Å²) in [7, 11) is 0. The smallest absolute Gasteiger partial charge is 0.293 e. The quantitative estimate of drug-likeness (QED) is 0.423. The van der Waals surface area contributed by atoms with E-state index in [-0.39, 0.29) is 30.2 Å². The summed E-state index contributed by atoms with van der Waals surface area (Å²) in [6, 6.07) is 20.6. The zero-order valence-corrected chi connectivity index (χ0v) is 20.6. The molecule has 1 saturated heterocycles. The maximum atomic E-state index is 12.8. The fraction of sp³-hybridized carbons (Fsp3) is 0.179. The topological polar surface area (TPSA) is 75.7 Å². The van der Waals surface area contributed by atoms with Crippen LogP contribution in [0.4, 0.5) is 10.5 Å². The Morgan fingerprint density at radius 1 is 0.943 bits per heavy atom. The van der Waals surface area contributed by atoms with Crippen molar-refractivity contribution in [3.8, 4) is 5.75 Å². The molecule has 1 heterocycles. The van der Waals surface area contributed by atoms with Crippen LogP contribution in [-0.2, 0) is 16.1 Å². The summed E-state index contributed by atoms with van der Waals surface area (Å²) in [6.45, 7) is 6.06. The van der Waals surface area contributed by atoms with Crippen molar-refractivity contribution in [3.05, 3.63) is 99.5 Å². The van der Waals surface area contributed by atoms with Crippen LogP contribution < -0.4 is 10.1 Å². The molecule has 0 bridgehead atoms. The van der Waals surface area contributed by atoms with Gasteiger partial charge in [-0.05, 0) is 73.5 Å². The van der Waals surface area contributed by atoms with Gasteiger partial charge in [0, 0.05) is 5.69 Å². The zero-order valence-electron chi connectivity index (χ0n) is 19.8. The molecule has 1 aliphatic rings. The third kappa shape index (κ3) is 6.19. The second-order valence-electron chi connectivity index (χ2n) is 8.48. The fourth-order valence-corrected chi connectivity index (χ4v) is 4.45. The normalized spacial score (nSPS) is 14.5. The number of ether oxygens (including phenoxy) is 1. The number of rotatable bonds is 7. The van der Waals surface area contributed by atoms with Crippen LogP contribution in [-0.4, -0.2) is 28.6 Å². The van der Waals surface area contributed by atoms with Crippen LogP contribution in [0.15, 0.2) is 71.6 Å². The van der Waals surface area contributed by atoms with Crippen molar-refractivity contribution in [3.63, 3.8) is 0 Å². The van der Waals surface area contributed by atoms with E-state index in [1.54, 1.807) is 30.3 Å². The Balaban J connectivity index is 1.34. The van der Waals surface area contributed by atoms with Gasteiger partial charge in [-0.2, -0.15) is 0 Å². The number of hydrogen-bond acceptors (Lipinski definition) is 5. The number of thioether (sulfide) groups is 1. The first kappa shape index (κ1) is 24.3. The van der Waals surface area contributed by atoms with E-state index < -0.39 is 0 Å². The Labute approximate surface area is 209 Å². The molecule has 0 aliphatic carbocycles. The van der Waals surface area contributed by atoms with E-state index in [2.05, 4.69) is 5.32 Å². The Morgan fingerprint density at radius 2 is 1.63 bits per heavy atom. The summed E-state index contributed by atoms with van der Waals surface area (Å²) in [5.41, 5.74) is 5.67. The lowest BCUT2D eigenvalue weighted by molar-refractivity contribution is -0.123. The summed E-state index contributed by atoms with van der Waals surface area (Å²) in [5.74, 6) is -0.0161. The Kier molecular flexibility index (Phi) is 7.36. The molecule has 178 valence electrons. The second-order valence-corrected chi connectivity index (χ2v) is 9.47. The monoisotopic (exact) mass is 486 g/mol. The van der Waals surface area contributed by atoms with E-state index in [9.17, 15) is 14.4 Å². The first-order valence-electron chi connectivity index (χ1n) is 11.2. The van der Waals surface area contributed by atoms with E-state index in [0.717, 1.165) is 45.3 Å². The molecule has 0 saturated carbocycles. The molecule has 4 rings (SSSR count). The lowest BCUT2D eigenvalue weighted by atomic mass is 10.1. The molecular weight excluding hydrogens is 460 g/mol. The SMILES string of the molecule is Cc1ccc(CN2C(=O)S/C(=C\c3ccc(OCC(=O)Nc4ccc(C)cc4C)cc3)C2=O)cc1. The Hall–Kier alpha value is -3.84. The second kappa shape index (κ2) is 10.6. The molecule has 35 heavy (non-hydrogen) atoms. The van der Waals surface area contributed by atoms with Gasteiger partial charge in [0.15, 0.2) is 6.61 Å². The highest BCUT2D eigenvalue weighted by atomic mass is 32.2. The van der Waals surface area contributed by atoms with Crippen molar-refractivity contribution in [2.75, 3.05) is 11.9 Å². The molecule has 3 aromatic rings. The van der Waals surface area contributed by atoms with Gasteiger partial charge in [0.25, 0.3) is 17.1 Å². The summed E-state index contributed by atoms with van der Waals surface area (Å²) in [6.07, 6.45) is 1.69. The van der Waals surface area contributed by atoms with Crippen LogP contribution in [0, 0.1) is 20.8 Å². The van der Waals surface area contributed by atoms with Gasteiger partial charge in [-0.3, -0.25) is 19.3 Å². The van der Waals surface area contributed by atoms with Crippen molar-refractivity contribution in [2.45, 2.75) is 27.3 Å². The van der Waals surface area contributed by atoms with Gasteiger partial charge in [0.05, 0.1) is 11.4 Å². The minimum Gasteiger partial charge on any atom is -0.484 e. The molecule has 0 spiro atoms. The maximum Gasteiger partial charge on any atom is 0.293 e. The van der Waals surface area contributed by atoms with Crippen molar-refractivity contribution < 1.29 is 19.1 Å². The number of benzene rings is 3. The predicted octanol–water partition coefficient (Wildman–Crippen LogP) is 5.87. The number of aryl methyl sites for hydroxylation is 3. The van der Waals surface area contributed by atoms with Crippen molar-refractivity contribution >= 4 is 40.6 Å². The van der Waals surface area contributed by atoms with E-state index in [1.165, 1.54) is 4.90 Å². The largest absolute Gasteiger partial charge is 0.484 e. The third-order valence-electron chi connectivity index (χ3n) is 5.54. The molecule has 3 aromatic carbocycles. The minimum absolute atomic E-state index is 0.120. The van der Waals surface area contributed by atoms with Gasteiger partial charge >= 0.3 is 0 Å². The average Bonchev–Trinajstić information content (AvgIpc) is 3.09. The average molecular weight is 487 g/mol. The van der Waals surface area contributed by atoms with Crippen molar-refractivity contribution in [1.82, 2.24) is 4.90 Å². The molecule has 1 N–H and O–H groups in total.